The summed E-state index contributed by atoms with van der Waals surface area (Å²) in [4.78, 5) is 14.9. The van der Waals surface area contributed by atoms with E-state index in [0.717, 1.165) is 5.56 Å². The maximum absolute atomic E-state index is 10.8. The van der Waals surface area contributed by atoms with E-state index in [1.165, 1.54) is 30.1 Å². The van der Waals surface area contributed by atoms with E-state index in [0.29, 0.717) is 10.8 Å². The van der Waals surface area contributed by atoms with Crippen LogP contribution in [0.15, 0.2) is 53.7 Å². The van der Waals surface area contributed by atoms with Crippen LogP contribution in [0.25, 0.3) is 0 Å². The molecule has 5 heteroatoms. The van der Waals surface area contributed by atoms with Crippen LogP contribution in [0.4, 0.5) is 0 Å². The zero-order valence-corrected chi connectivity index (χ0v) is 10.9. The Bertz CT molecular complexity index is 560. The van der Waals surface area contributed by atoms with Crippen molar-refractivity contribution in [1.82, 2.24) is 4.98 Å². The third kappa shape index (κ3) is 3.81. The summed E-state index contributed by atoms with van der Waals surface area (Å²) in [5.41, 5.74) is 1.04. The number of aliphatic hydroxyl groups is 1. The maximum Gasteiger partial charge on any atom is 0.335 e. The Morgan fingerprint density at radius 3 is 2.68 bits per heavy atom. The fourth-order valence-electron chi connectivity index (χ4n) is 1.56. The van der Waals surface area contributed by atoms with Crippen LogP contribution in [0.2, 0.25) is 0 Å². The summed E-state index contributed by atoms with van der Waals surface area (Å²) in [6.07, 6.45) is 0.863. The molecule has 98 valence electrons. The molecule has 1 aromatic carbocycles. The molecule has 0 saturated heterocycles. The highest BCUT2D eigenvalue weighted by atomic mass is 32.2. The van der Waals surface area contributed by atoms with E-state index in [1.807, 2.05) is 30.3 Å². The number of carbonyl (C=O) groups is 1. The molecule has 0 spiro atoms. The number of benzene rings is 1. The molecule has 1 atom stereocenters. The lowest BCUT2D eigenvalue weighted by molar-refractivity contribution is 0.0696. The zero-order valence-electron chi connectivity index (χ0n) is 10.1. The molecule has 2 aromatic rings. The molecule has 4 nitrogen and oxygen atoms in total. The van der Waals surface area contributed by atoms with Gasteiger partial charge in [0.15, 0.2) is 0 Å². The van der Waals surface area contributed by atoms with Gasteiger partial charge in [0.1, 0.15) is 0 Å². The van der Waals surface area contributed by atoms with Crippen LogP contribution in [0.1, 0.15) is 22.0 Å². The van der Waals surface area contributed by atoms with E-state index in [4.69, 9.17) is 5.11 Å². The number of carboxylic acids is 1. The molecule has 19 heavy (non-hydrogen) atoms. The molecule has 0 aliphatic carbocycles. The molecular weight excluding hydrogens is 262 g/mol. The van der Waals surface area contributed by atoms with Crippen molar-refractivity contribution < 1.29 is 15.0 Å². The van der Waals surface area contributed by atoms with Crippen molar-refractivity contribution in [1.29, 1.82) is 0 Å². The van der Waals surface area contributed by atoms with Crippen molar-refractivity contribution >= 4 is 17.7 Å². The van der Waals surface area contributed by atoms with Crippen molar-refractivity contribution in [3.63, 3.8) is 0 Å². The number of hydrogen-bond donors (Lipinski definition) is 2. The lowest BCUT2D eigenvalue weighted by Crippen LogP contribution is -2.01. The number of thioether (sulfide) groups is 1. The van der Waals surface area contributed by atoms with Crippen molar-refractivity contribution in [2.24, 2.45) is 0 Å². The molecule has 1 heterocycles. The van der Waals surface area contributed by atoms with Crippen molar-refractivity contribution in [3.05, 3.63) is 59.8 Å². The molecule has 0 radical (unpaired) electrons. The first-order valence-corrected chi connectivity index (χ1v) is 6.70. The number of hydrogen-bond acceptors (Lipinski definition) is 4. The molecule has 1 unspecified atom stereocenters. The third-order valence-electron chi connectivity index (χ3n) is 2.56. The minimum atomic E-state index is -0.979. The highest BCUT2D eigenvalue weighted by Gasteiger charge is 2.09. The van der Waals surface area contributed by atoms with E-state index in [2.05, 4.69) is 4.98 Å². The van der Waals surface area contributed by atoms with Crippen molar-refractivity contribution in [2.75, 3.05) is 5.75 Å². The van der Waals surface area contributed by atoms with Crippen LogP contribution >= 0.6 is 11.8 Å². The van der Waals surface area contributed by atoms with E-state index in [1.54, 1.807) is 0 Å². The van der Waals surface area contributed by atoms with Gasteiger partial charge in [-0.05, 0) is 17.7 Å². The Balaban J connectivity index is 1.99. The standard InChI is InChI=1S/C14H13NO3S/c16-12(10-4-2-1-3-5-10)9-19-13-8-11(14(17)18)6-7-15-13/h1-8,12,16H,9H2,(H,17,18). The van der Waals surface area contributed by atoms with Gasteiger partial charge in [0, 0.05) is 11.9 Å². The molecule has 0 bridgehead atoms. The Morgan fingerprint density at radius 1 is 1.26 bits per heavy atom. The predicted molar refractivity (Wildman–Crippen MR) is 73.3 cm³/mol. The van der Waals surface area contributed by atoms with Gasteiger partial charge in [0.2, 0.25) is 0 Å². The predicted octanol–water partition coefficient (Wildman–Crippen LogP) is 2.61. The first-order valence-electron chi connectivity index (χ1n) is 5.72. The highest BCUT2D eigenvalue weighted by molar-refractivity contribution is 7.99. The van der Waals surface area contributed by atoms with Gasteiger partial charge in [-0.3, -0.25) is 0 Å². The second-order valence-corrected chi connectivity index (χ2v) is 4.97. The Morgan fingerprint density at radius 2 is 2.00 bits per heavy atom. The van der Waals surface area contributed by atoms with Gasteiger partial charge >= 0.3 is 5.97 Å². The minimum Gasteiger partial charge on any atom is -0.478 e. The maximum atomic E-state index is 10.8. The summed E-state index contributed by atoms with van der Waals surface area (Å²) >= 11 is 1.33. The average molecular weight is 275 g/mol. The third-order valence-corrected chi connectivity index (χ3v) is 3.56. The molecule has 2 rings (SSSR count). The first kappa shape index (κ1) is 13.6. The molecule has 0 aliphatic rings. The fraction of sp³-hybridized carbons (Fsp3) is 0.143. The largest absolute Gasteiger partial charge is 0.478 e. The average Bonchev–Trinajstić information content (AvgIpc) is 2.46. The summed E-state index contributed by atoms with van der Waals surface area (Å²) < 4.78 is 0. The fourth-order valence-corrected chi connectivity index (χ4v) is 2.42. The molecular formula is C14H13NO3S. The quantitative estimate of drug-likeness (QED) is 0.821. The summed E-state index contributed by atoms with van der Waals surface area (Å²) in [5, 5.41) is 19.5. The van der Waals surface area contributed by atoms with Gasteiger partial charge in [-0.15, -0.1) is 11.8 Å². The first-order chi connectivity index (χ1) is 9.16. The summed E-state index contributed by atoms with van der Waals surface area (Å²) in [6.45, 7) is 0. The lowest BCUT2D eigenvalue weighted by Gasteiger charge is -2.10. The number of carboxylic acid groups (broad SMARTS) is 1. The molecule has 2 N–H and O–H groups in total. The van der Waals surface area contributed by atoms with Crippen LogP contribution in [0, 0.1) is 0 Å². The van der Waals surface area contributed by atoms with E-state index >= 15 is 0 Å². The van der Waals surface area contributed by atoms with E-state index in [-0.39, 0.29) is 5.56 Å². The van der Waals surface area contributed by atoms with E-state index < -0.39 is 12.1 Å². The normalized spacial score (nSPS) is 12.1. The molecule has 0 aliphatic heterocycles. The number of aromatic nitrogens is 1. The van der Waals surface area contributed by atoms with E-state index in [9.17, 15) is 9.90 Å². The Hall–Kier alpha value is -1.85. The van der Waals surface area contributed by atoms with Gasteiger partial charge in [0.05, 0.1) is 16.7 Å². The number of nitrogens with zero attached hydrogens (tertiary/aromatic N) is 1. The molecule has 0 amide bonds. The second kappa shape index (κ2) is 6.36. The van der Waals surface area contributed by atoms with Gasteiger partial charge in [-0.2, -0.15) is 0 Å². The highest BCUT2D eigenvalue weighted by Crippen LogP contribution is 2.23. The van der Waals surface area contributed by atoms with Crippen molar-refractivity contribution in [3.8, 4) is 0 Å². The molecule has 0 fully saturated rings. The van der Waals surface area contributed by atoms with Crippen molar-refractivity contribution in [2.45, 2.75) is 11.1 Å². The number of aromatic carboxylic acids is 1. The number of rotatable bonds is 5. The number of aliphatic hydroxyl groups excluding tert-OH is 1. The second-order valence-electron chi connectivity index (χ2n) is 3.93. The molecule has 1 aromatic heterocycles. The lowest BCUT2D eigenvalue weighted by atomic mass is 10.1. The minimum absolute atomic E-state index is 0.201. The SMILES string of the molecule is O=C(O)c1ccnc(SCC(O)c2ccccc2)c1. The van der Waals surface area contributed by atoms with Crippen LogP contribution in [0.3, 0.4) is 0 Å². The Kier molecular flexibility index (Phi) is 4.54. The van der Waals surface area contributed by atoms with Crippen LogP contribution in [-0.4, -0.2) is 26.9 Å². The van der Waals surface area contributed by atoms with Crippen LogP contribution in [-0.2, 0) is 0 Å². The Labute approximate surface area is 115 Å². The zero-order chi connectivity index (χ0) is 13.7. The summed E-state index contributed by atoms with van der Waals surface area (Å²) in [5.74, 6) is -0.548. The van der Waals surface area contributed by atoms with Gasteiger partial charge < -0.3 is 10.2 Å². The summed E-state index contributed by atoms with van der Waals surface area (Å²) in [7, 11) is 0. The van der Waals surface area contributed by atoms with Crippen LogP contribution in [0.5, 0.6) is 0 Å². The van der Waals surface area contributed by atoms with Crippen LogP contribution < -0.4 is 0 Å². The van der Waals surface area contributed by atoms with Gasteiger partial charge in [0.25, 0.3) is 0 Å². The smallest absolute Gasteiger partial charge is 0.335 e. The monoisotopic (exact) mass is 275 g/mol. The summed E-state index contributed by atoms with van der Waals surface area (Å²) in [6, 6.07) is 12.3. The molecule has 0 saturated carbocycles. The van der Waals surface area contributed by atoms with Gasteiger partial charge in [-0.25, -0.2) is 9.78 Å². The van der Waals surface area contributed by atoms with Gasteiger partial charge in [-0.1, -0.05) is 30.3 Å². The topological polar surface area (TPSA) is 70.4 Å². The number of pyridine rings is 1.